The van der Waals surface area contributed by atoms with E-state index < -0.39 is 32.5 Å². The SMILES string of the molecule is O=C(N[C@@H](Nc1cccc(C(F)(F)F)c1)C(Cl)(Cl)Cl)c1ccc([N+](=O)[O-])cc1. The molecule has 0 aromatic heterocycles. The zero-order valence-electron chi connectivity index (χ0n) is 13.6. The molecule has 6 nitrogen and oxygen atoms in total. The Bertz CT molecular complexity index is 871. The standard InChI is InChI=1S/C16H11Cl3F3N3O3/c17-15(18,19)14(23-11-3-1-2-10(8-11)16(20,21)22)24-13(26)9-4-6-12(7-5-9)25(27)28/h1-8,14,23H,(H,24,26)/t14-/m1/s1. The van der Waals surface area contributed by atoms with Gasteiger partial charge in [-0.2, -0.15) is 13.2 Å². The van der Waals surface area contributed by atoms with Crippen LogP contribution in [0.3, 0.4) is 0 Å². The second kappa shape index (κ2) is 8.42. The van der Waals surface area contributed by atoms with Crippen LogP contribution in [-0.2, 0) is 6.18 Å². The molecule has 0 radical (unpaired) electrons. The number of benzene rings is 2. The number of non-ortho nitro benzene ring substituents is 1. The van der Waals surface area contributed by atoms with Crippen molar-refractivity contribution in [2.45, 2.75) is 16.1 Å². The van der Waals surface area contributed by atoms with Crippen LogP contribution in [0.2, 0.25) is 0 Å². The summed E-state index contributed by atoms with van der Waals surface area (Å²) in [6.45, 7) is 0. The lowest BCUT2D eigenvalue weighted by atomic mass is 10.2. The molecule has 0 saturated heterocycles. The molecule has 0 aliphatic carbocycles. The lowest BCUT2D eigenvalue weighted by Crippen LogP contribution is -2.49. The van der Waals surface area contributed by atoms with E-state index in [2.05, 4.69) is 10.6 Å². The highest BCUT2D eigenvalue weighted by molar-refractivity contribution is 6.68. The van der Waals surface area contributed by atoms with Crippen LogP contribution in [0.25, 0.3) is 0 Å². The van der Waals surface area contributed by atoms with Crippen molar-refractivity contribution in [1.29, 1.82) is 0 Å². The number of carbonyl (C=O) groups is 1. The van der Waals surface area contributed by atoms with Gasteiger partial charge in [-0.15, -0.1) is 0 Å². The first-order valence-corrected chi connectivity index (χ1v) is 8.57. The molecule has 0 aliphatic heterocycles. The maximum Gasteiger partial charge on any atom is 0.416 e. The molecule has 0 saturated carbocycles. The quantitative estimate of drug-likeness (QED) is 0.282. The number of carbonyl (C=O) groups excluding carboxylic acids is 1. The van der Waals surface area contributed by atoms with Gasteiger partial charge in [-0.25, -0.2) is 0 Å². The zero-order valence-corrected chi connectivity index (χ0v) is 15.9. The van der Waals surface area contributed by atoms with E-state index in [4.69, 9.17) is 34.8 Å². The molecule has 0 fully saturated rings. The Balaban J connectivity index is 2.21. The Morgan fingerprint density at radius 3 is 2.18 bits per heavy atom. The normalized spacial score (nSPS) is 12.9. The third-order valence-electron chi connectivity index (χ3n) is 3.44. The van der Waals surface area contributed by atoms with Gasteiger partial charge in [0.25, 0.3) is 11.6 Å². The van der Waals surface area contributed by atoms with Crippen LogP contribution in [0, 0.1) is 10.1 Å². The maximum atomic E-state index is 12.8. The highest BCUT2D eigenvalue weighted by atomic mass is 35.6. The molecule has 0 bridgehead atoms. The molecule has 1 atom stereocenters. The van der Waals surface area contributed by atoms with Crippen LogP contribution in [0.1, 0.15) is 15.9 Å². The minimum atomic E-state index is -4.57. The fourth-order valence-corrected chi connectivity index (χ4v) is 2.43. The summed E-state index contributed by atoms with van der Waals surface area (Å²) < 4.78 is 36.4. The van der Waals surface area contributed by atoms with Crippen molar-refractivity contribution in [3.8, 4) is 0 Å². The fourth-order valence-electron chi connectivity index (χ4n) is 2.10. The van der Waals surface area contributed by atoms with Gasteiger partial charge in [0.05, 0.1) is 10.5 Å². The van der Waals surface area contributed by atoms with Crippen molar-refractivity contribution in [1.82, 2.24) is 5.32 Å². The molecule has 2 aromatic carbocycles. The van der Waals surface area contributed by atoms with Gasteiger partial charge in [0, 0.05) is 23.4 Å². The number of nitro benzene ring substituents is 1. The summed E-state index contributed by atoms with van der Waals surface area (Å²) in [5, 5.41) is 15.5. The molecule has 2 aromatic rings. The van der Waals surface area contributed by atoms with E-state index in [1.165, 1.54) is 18.2 Å². The topological polar surface area (TPSA) is 84.3 Å². The Morgan fingerprint density at radius 1 is 1.07 bits per heavy atom. The van der Waals surface area contributed by atoms with Gasteiger partial charge in [0.15, 0.2) is 0 Å². The molecule has 150 valence electrons. The maximum absolute atomic E-state index is 12.8. The fraction of sp³-hybridized carbons (Fsp3) is 0.188. The number of nitrogens with zero attached hydrogens (tertiary/aromatic N) is 1. The van der Waals surface area contributed by atoms with Crippen LogP contribution in [0.5, 0.6) is 0 Å². The smallest absolute Gasteiger partial charge is 0.362 e. The number of amides is 1. The Kier molecular flexibility index (Phi) is 6.63. The predicted octanol–water partition coefficient (Wildman–Crippen LogP) is 5.15. The third kappa shape index (κ3) is 5.88. The minimum Gasteiger partial charge on any atom is -0.362 e. The first-order valence-electron chi connectivity index (χ1n) is 7.44. The predicted molar refractivity (Wildman–Crippen MR) is 99.7 cm³/mol. The Hall–Kier alpha value is -2.23. The summed E-state index contributed by atoms with van der Waals surface area (Å²) in [6.07, 6.45) is -5.97. The molecule has 12 heteroatoms. The lowest BCUT2D eigenvalue weighted by molar-refractivity contribution is -0.384. The molecular formula is C16H11Cl3F3N3O3. The van der Waals surface area contributed by atoms with Gasteiger partial charge < -0.3 is 10.6 Å². The van der Waals surface area contributed by atoms with Crippen molar-refractivity contribution in [2.24, 2.45) is 0 Å². The molecule has 28 heavy (non-hydrogen) atoms. The van der Waals surface area contributed by atoms with Crippen molar-refractivity contribution < 1.29 is 22.9 Å². The van der Waals surface area contributed by atoms with Crippen LogP contribution in [0.4, 0.5) is 24.5 Å². The first-order chi connectivity index (χ1) is 12.9. The molecule has 0 unspecified atom stereocenters. The molecule has 1 amide bonds. The summed E-state index contributed by atoms with van der Waals surface area (Å²) in [5.74, 6) is -0.759. The second-order valence-corrected chi connectivity index (χ2v) is 7.84. The molecule has 0 heterocycles. The van der Waals surface area contributed by atoms with E-state index in [1.807, 2.05) is 0 Å². The zero-order chi connectivity index (χ0) is 21.1. The van der Waals surface area contributed by atoms with Gasteiger partial charge in [0.1, 0.15) is 6.17 Å². The van der Waals surface area contributed by atoms with E-state index in [-0.39, 0.29) is 16.9 Å². The van der Waals surface area contributed by atoms with E-state index >= 15 is 0 Å². The van der Waals surface area contributed by atoms with Gasteiger partial charge in [0.2, 0.25) is 3.79 Å². The van der Waals surface area contributed by atoms with E-state index in [1.54, 1.807) is 0 Å². The molecule has 2 rings (SSSR count). The first kappa shape index (κ1) is 22.1. The molecule has 0 aliphatic rings. The van der Waals surface area contributed by atoms with E-state index in [0.717, 1.165) is 30.3 Å². The highest BCUT2D eigenvalue weighted by Gasteiger charge is 2.35. The average Bonchev–Trinajstić information content (AvgIpc) is 2.60. The number of alkyl halides is 6. The van der Waals surface area contributed by atoms with Gasteiger partial charge >= 0.3 is 6.18 Å². The van der Waals surface area contributed by atoms with Gasteiger partial charge in [-0.3, -0.25) is 14.9 Å². The summed E-state index contributed by atoms with van der Waals surface area (Å²) in [4.78, 5) is 22.3. The number of nitrogens with one attached hydrogen (secondary N) is 2. The average molecular weight is 457 g/mol. The van der Waals surface area contributed by atoms with E-state index in [9.17, 15) is 28.1 Å². The number of nitro groups is 1. The number of anilines is 1. The monoisotopic (exact) mass is 455 g/mol. The van der Waals surface area contributed by atoms with Gasteiger partial charge in [-0.1, -0.05) is 40.9 Å². The van der Waals surface area contributed by atoms with Crippen LogP contribution in [0.15, 0.2) is 48.5 Å². The number of rotatable bonds is 5. The van der Waals surface area contributed by atoms with Crippen molar-refractivity contribution in [2.75, 3.05) is 5.32 Å². The summed E-state index contributed by atoms with van der Waals surface area (Å²) in [6, 6.07) is 8.71. The Morgan fingerprint density at radius 2 is 1.68 bits per heavy atom. The second-order valence-electron chi connectivity index (χ2n) is 5.47. The molecule has 2 N–H and O–H groups in total. The Labute approximate surface area is 171 Å². The van der Waals surface area contributed by atoms with Crippen molar-refractivity contribution in [3.05, 3.63) is 69.8 Å². The number of halogens is 6. The summed E-state index contributed by atoms with van der Waals surface area (Å²) in [5.41, 5.74) is -1.18. The highest BCUT2D eigenvalue weighted by Crippen LogP contribution is 2.34. The molecular weight excluding hydrogens is 446 g/mol. The number of hydrogen-bond donors (Lipinski definition) is 2. The van der Waals surface area contributed by atoms with Crippen LogP contribution >= 0.6 is 34.8 Å². The summed E-state index contributed by atoms with van der Waals surface area (Å²) in [7, 11) is 0. The summed E-state index contributed by atoms with van der Waals surface area (Å²) >= 11 is 17.5. The van der Waals surface area contributed by atoms with E-state index in [0.29, 0.717) is 0 Å². The third-order valence-corrected chi connectivity index (χ3v) is 4.10. The van der Waals surface area contributed by atoms with Gasteiger partial charge in [-0.05, 0) is 30.3 Å². The number of hydrogen-bond acceptors (Lipinski definition) is 4. The largest absolute Gasteiger partial charge is 0.416 e. The minimum absolute atomic E-state index is 0.0238. The van der Waals surface area contributed by atoms with Crippen LogP contribution in [-0.4, -0.2) is 20.8 Å². The molecule has 0 spiro atoms. The lowest BCUT2D eigenvalue weighted by Gasteiger charge is -2.27. The van der Waals surface area contributed by atoms with Crippen LogP contribution < -0.4 is 10.6 Å². The van der Waals surface area contributed by atoms with Crippen molar-refractivity contribution >= 4 is 52.1 Å². The van der Waals surface area contributed by atoms with Crippen molar-refractivity contribution in [3.63, 3.8) is 0 Å².